The molecule has 2 saturated heterocycles. The summed E-state index contributed by atoms with van der Waals surface area (Å²) in [6.45, 7) is 13.3. The van der Waals surface area contributed by atoms with Crippen LogP contribution in [0.5, 0.6) is 5.75 Å². The van der Waals surface area contributed by atoms with Gasteiger partial charge in [0.25, 0.3) is 5.56 Å². The number of hydrogen-bond acceptors (Lipinski definition) is 7. The predicted octanol–water partition coefficient (Wildman–Crippen LogP) is 3.60. The highest BCUT2D eigenvalue weighted by molar-refractivity contribution is 5.97. The van der Waals surface area contributed by atoms with Crippen molar-refractivity contribution in [3.05, 3.63) is 56.0 Å². The maximum absolute atomic E-state index is 13.1. The van der Waals surface area contributed by atoms with Crippen LogP contribution >= 0.6 is 0 Å². The third-order valence-electron chi connectivity index (χ3n) is 8.66. The number of aromatic amines is 1. The lowest BCUT2D eigenvalue weighted by molar-refractivity contribution is -0.103. The monoisotopic (exact) mass is 552 g/mol. The minimum absolute atomic E-state index is 0.0222. The normalized spacial score (nSPS) is 25.8. The van der Waals surface area contributed by atoms with Gasteiger partial charge in [-0.3, -0.25) is 14.5 Å². The minimum Gasteiger partial charge on any atom is -0.490 e. The first kappa shape index (κ1) is 28.6. The summed E-state index contributed by atoms with van der Waals surface area (Å²) in [6, 6.07) is 4.42. The fraction of sp³-hybridized carbons (Fsp3) is 0.613. The molecule has 5 rings (SSSR count). The Hall–Kier alpha value is -2.88. The third-order valence-corrected chi connectivity index (χ3v) is 8.66. The van der Waals surface area contributed by atoms with Gasteiger partial charge in [0, 0.05) is 85.7 Å². The number of anilines is 1. The van der Waals surface area contributed by atoms with E-state index in [1.807, 2.05) is 26.8 Å². The van der Waals surface area contributed by atoms with Gasteiger partial charge in [-0.2, -0.15) is 0 Å². The summed E-state index contributed by atoms with van der Waals surface area (Å²) < 4.78 is 18.2. The Bertz CT molecular complexity index is 1290. The number of morpholine rings is 1. The molecular formula is C31H44N4O5. The van der Waals surface area contributed by atoms with E-state index in [0.717, 1.165) is 66.8 Å². The summed E-state index contributed by atoms with van der Waals surface area (Å²) in [6.07, 6.45) is 4.39. The largest absolute Gasteiger partial charge is 0.490 e. The molecule has 218 valence electrons. The van der Waals surface area contributed by atoms with Gasteiger partial charge in [-0.25, -0.2) is 0 Å². The summed E-state index contributed by atoms with van der Waals surface area (Å²) in [5.74, 6) is 0.136. The number of carbonyl (C=O) groups is 1. The Kier molecular flexibility index (Phi) is 8.54. The molecule has 0 radical (unpaired) electrons. The number of aromatic nitrogens is 1. The van der Waals surface area contributed by atoms with E-state index in [1.165, 1.54) is 0 Å². The van der Waals surface area contributed by atoms with Crippen molar-refractivity contribution in [2.45, 2.75) is 97.1 Å². The average Bonchev–Trinajstić information content (AvgIpc) is 2.85. The molecule has 2 aliphatic heterocycles. The zero-order valence-corrected chi connectivity index (χ0v) is 24.5. The lowest BCUT2D eigenvalue weighted by Crippen LogP contribution is -2.56. The maximum atomic E-state index is 13.1. The molecule has 0 spiro atoms. The van der Waals surface area contributed by atoms with Crippen molar-refractivity contribution in [3.63, 3.8) is 0 Å². The van der Waals surface area contributed by atoms with E-state index in [-0.39, 0.29) is 29.9 Å². The van der Waals surface area contributed by atoms with Gasteiger partial charge in [0.1, 0.15) is 11.9 Å². The molecule has 3 fully saturated rings. The molecule has 3 aliphatic rings. The van der Waals surface area contributed by atoms with E-state index in [2.05, 4.69) is 29.0 Å². The molecule has 2 atom stereocenters. The van der Waals surface area contributed by atoms with Crippen LogP contribution < -0.4 is 21.3 Å². The summed E-state index contributed by atoms with van der Waals surface area (Å²) in [5.41, 5.74) is 11.2. The van der Waals surface area contributed by atoms with Gasteiger partial charge in [-0.05, 0) is 70.7 Å². The number of nitrogens with one attached hydrogen (secondary N) is 2. The van der Waals surface area contributed by atoms with E-state index in [4.69, 9.17) is 19.9 Å². The molecule has 3 heterocycles. The summed E-state index contributed by atoms with van der Waals surface area (Å²) in [5, 5.41) is 3.70. The molecular weight excluding hydrogens is 508 g/mol. The fourth-order valence-electron chi connectivity index (χ4n) is 6.49. The van der Waals surface area contributed by atoms with Crippen LogP contribution in [0.4, 0.5) is 5.69 Å². The van der Waals surface area contributed by atoms with Gasteiger partial charge in [0.2, 0.25) is 5.91 Å². The van der Waals surface area contributed by atoms with Crippen molar-refractivity contribution in [1.82, 2.24) is 9.88 Å². The number of rotatable bonds is 8. The van der Waals surface area contributed by atoms with Gasteiger partial charge in [-0.15, -0.1) is 0 Å². The van der Waals surface area contributed by atoms with E-state index >= 15 is 0 Å². The van der Waals surface area contributed by atoms with Crippen molar-refractivity contribution in [1.29, 1.82) is 0 Å². The lowest BCUT2D eigenvalue weighted by atomic mass is 9.86. The Morgan fingerprint density at radius 1 is 1.10 bits per heavy atom. The van der Waals surface area contributed by atoms with Crippen LogP contribution in [0.2, 0.25) is 0 Å². The molecule has 0 unspecified atom stereocenters. The molecule has 9 nitrogen and oxygen atoms in total. The Labute approximate surface area is 236 Å². The molecule has 1 aliphatic carbocycles. The maximum Gasteiger partial charge on any atom is 0.251 e. The van der Waals surface area contributed by atoms with E-state index in [9.17, 15) is 9.59 Å². The lowest BCUT2D eigenvalue weighted by Gasteiger charge is -2.47. The number of nitrogens with two attached hydrogens (primary N) is 1. The second kappa shape index (κ2) is 11.9. The van der Waals surface area contributed by atoms with Crippen LogP contribution in [-0.2, 0) is 15.9 Å². The SMILES string of the molecule is Cc1cc(C)c(Cc2c(OC3CC(N4C[C@@H](C)O[C@@H](C)C4)C3)cc(C(N)=O)c(C)c2NC2CCOCC2)c(=O)[nH]1. The average molecular weight is 553 g/mol. The number of carbonyl (C=O) groups excluding carboxylic acids is 1. The minimum atomic E-state index is -0.490. The van der Waals surface area contributed by atoms with Crippen LogP contribution in [-0.4, -0.2) is 72.5 Å². The number of ether oxygens (including phenoxy) is 3. The number of benzene rings is 1. The number of nitrogens with zero attached hydrogens (tertiary/aromatic N) is 1. The second-order valence-corrected chi connectivity index (χ2v) is 12.0. The van der Waals surface area contributed by atoms with E-state index < -0.39 is 5.91 Å². The van der Waals surface area contributed by atoms with Crippen LogP contribution in [0.25, 0.3) is 0 Å². The van der Waals surface area contributed by atoms with E-state index in [0.29, 0.717) is 42.6 Å². The van der Waals surface area contributed by atoms with Gasteiger partial charge in [0.15, 0.2) is 0 Å². The second-order valence-electron chi connectivity index (χ2n) is 12.0. The van der Waals surface area contributed by atoms with Crippen LogP contribution in [0.15, 0.2) is 16.9 Å². The molecule has 1 aromatic heterocycles. The quantitative estimate of drug-likeness (QED) is 0.458. The standard InChI is InChI=1S/C31H44N4O5/c1-17-10-18(2)33-31(37)25(17)13-27-28(40-24-11-23(12-24)35-15-19(3)39-20(4)16-35)14-26(30(32)36)21(5)29(27)34-22-6-8-38-9-7-22/h10,14,19-20,22-24,34H,6-9,11-13,15-16H2,1-5H3,(H2,32,36)(H,33,37)/t19-,20+,23?,24?. The molecule has 1 aromatic carbocycles. The Morgan fingerprint density at radius 2 is 1.77 bits per heavy atom. The number of amides is 1. The zero-order chi connectivity index (χ0) is 28.6. The van der Waals surface area contributed by atoms with Gasteiger partial charge in [-0.1, -0.05) is 0 Å². The van der Waals surface area contributed by atoms with Crippen molar-refractivity contribution in [3.8, 4) is 5.75 Å². The van der Waals surface area contributed by atoms with Crippen LogP contribution in [0.1, 0.15) is 77.8 Å². The zero-order valence-electron chi connectivity index (χ0n) is 24.5. The third kappa shape index (κ3) is 6.21. The van der Waals surface area contributed by atoms with Crippen LogP contribution in [0, 0.1) is 20.8 Å². The van der Waals surface area contributed by atoms with Crippen molar-refractivity contribution in [2.75, 3.05) is 31.6 Å². The Morgan fingerprint density at radius 3 is 2.40 bits per heavy atom. The molecule has 40 heavy (non-hydrogen) atoms. The first-order chi connectivity index (χ1) is 19.1. The first-order valence-corrected chi connectivity index (χ1v) is 14.6. The van der Waals surface area contributed by atoms with Crippen molar-refractivity contribution < 1.29 is 19.0 Å². The molecule has 2 aromatic rings. The summed E-state index contributed by atoms with van der Waals surface area (Å²) in [7, 11) is 0. The van der Waals surface area contributed by atoms with Gasteiger partial charge in [0.05, 0.1) is 12.2 Å². The molecule has 0 bridgehead atoms. The number of primary amides is 1. The number of aryl methyl sites for hydroxylation is 2. The number of hydrogen-bond donors (Lipinski definition) is 3. The molecule has 1 amide bonds. The summed E-state index contributed by atoms with van der Waals surface area (Å²) >= 11 is 0. The van der Waals surface area contributed by atoms with Gasteiger partial charge >= 0.3 is 0 Å². The highest BCUT2D eigenvalue weighted by Gasteiger charge is 2.39. The first-order valence-electron chi connectivity index (χ1n) is 14.6. The predicted molar refractivity (Wildman–Crippen MR) is 156 cm³/mol. The van der Waals surface area contributed by atoms with Crippen molar-refractivity contribution >= 4 is 11.6 Å². The van der Waals surface area contributed by atoms with Gasteiger partial charge < -0.3 is 30.2 Å². The van der Waals surface area contributed by atoms with Crippen LogP contribution in [0.3, 0.4) is 0 Å². The van der Waals surface area contributed by atoms with E-state index in [1.54, 1.807) is 6.07 Å². The number of H-pyrrole nitrogens is 1. The molecule has 4 N–H and O–H groups in total. The Balaban J connectivity index is 1.48. The number of pyridine rings is 1. The fourth-order valence-corrected chi connectivity index (χ4v) is 6.49. The highest BCUT2D eigenvalue weighted by atomic mass is 16.5. The molecule has 9 heteroatoms. The molecule has 1 saturated carbocycles. The van der Waals surface area contributed by atoms with Crippen molar-refractivity contribution in [2.24, 2.45) is 5.73 Å². The highest BCUT2D eigenvalue weighted by Crippen LogP contribution is 2.39. The smallest absolute Gasteiger partial charge is 0.251 e. The topological polar surface area (TPSA) is 119 Å². The summed E-state index contributed by atoms with van der Waals surface area (Å²) in [4.78, 5) is 31.1.